The van der Waals surface area contributed by atoms with Crippen molar-refractivity contribution in [2.45, 2.75) is 48.4 Å². The van der Waals surface area contributed by atoms with Crippen molar-refractivity contribution in [2.75, 3.05) is 0 Å². The van der Waals surface area contributed by atoms with E-state index < -0.39 is 0 Å². The maximum Gasteiger partial charge on any atom is -0.369 e. The molecule has 0 aromatic rings. The van der Waals surface area contributed by atoms with Crippen LogP contribution in [-0.2, 0) is 0 Å². The summed E-state index contributed by atoms with van der Waals surface area (Å²) < 4.78 is 3.25. The van der Waals surface area contributed by atoms with Crippen LogP contribution in [0.1, 0.15) is 39.5 Å². The Kier molecular flexibility index (Phi) is 98.1. The first kappa shape index (κ1) is 36.6. The Morgan fingerprint density at radius 3 is 1.21 bits per heavy atom. The van der Waals surface area contributed by atoms with Crippen molar-refractivity contribution in [3.63, 3.8) is 0 Å². The number of rotatable bonds is 6. The summed E-state index contributed by atoms with van der Waals surface area (Å²) in [6, 6.07) is 0. The Morgan fingerprint density at radius 2 is 1.00 bits per heavy atom. The van der Waals surface area contributed by atoms with Crippen LogP contribution >= 0.6 is 0 Å². The summed E-state index contributed by atoms with van der Waals surface area (Å²) in [4.78, 5) is 0. The molecule has 0 saturated carbocycles. The van der Waals surface area contributed by atoms with Gasteiger partial charge in [0.15, 0.2) is 0 Å². The van der Waals surface area contributed by atoms with E-state index in [0.717, 1.165) is 0 Å². The van der Waals surface area contributed by atoms with E-state index in [4.69, 9.17) is 0 Å². The van der Waals surface area contributed by atoms with Gasteiger partial charge in [-0.2, -0.15) is 0 Å². The summed E-state index contributed by atoms with van der Waals surface area (Å²) >= 11 is 0.149. The van der Waals surface area contributed by atoms with Crippen LogP contribution in [0.4, 0.5) is 0 Å². The minimum atomic E-state index is 0. The molecule has 0 rings (SSSR count). The maximum absolute atomic E-state index is 2.29. The summed E-state index contributed by atoms with van der Waals surface area (Å²) in [5.41, 5.74) is 0. The molecule has 0 bridgehead atoms. The summed E-state index contributed by atoms with van der Waals surface area (Å²) in [7, 11) is 0. The van der Waals surface area contributed by atoms with Crippen molar-refractivity contribution in [2.24, 2.45) is 0 Å². The second-order valence-corrected chi connectivity index (χ2v) is 6.74. The maximum atomic E-state index is 2.29. The minimum Gasteiger partial charge on any atom is -1.00 e. The number of hydrogen-bond acceptors (Lipinski definition) is 0. The van der Waals surface area contributed by atoms with Crippen molar-refractivity contribution in [3.05, 3.63) is 0 Å². The van der Waals surface area contributed by atoms with E-state index in [-0.39, 0.29) is 46.1 Å². The van der Waals surface area contributed by atoms with Crippen molar-refractivity contribution < 1.29 is 18.8 Å². The number of halogens is 4. The van der Waals surface area contributed by atoms with Crippen LogP contribution in [-0.4, -0.2) is 21.1 Å². The summed E-state index contributed by atoms with van der Waals surface area (Å²) in [6.07, 6.45) is 5.84. The first-order chi connectivity index (χ1) is 4.41. The zero-order chi connectivity index (χ0) is 6.95. The monoisotopic (exact) mass is 328 g/mol. The van der Waals surface area contributed by atoms with Gasteiger partial charge in [0.2, 0.25) is 0 Å². The second kappa shape index (κ2) is 37.5. The van der Waals surface area contributed by atoms with E-state index in [9.17, 15) is 0 Å². The number of hydrogen-bond donors (Lipinski definition) is 1. The zero-order valence-corrected chi connectivity index (χ0v) is 12.1. The zero-order valence-electron chi connectivity index (χ0n) is 9.25. The topological polar surface area (TPSA) is 36.5 Å². The number of quaternary nitrogens is 1. The molecule has 14 heavy (non-hydrogen) atoms. The quantitative estimate of drug-likeness (QED) is 0.286. The Morgan fingerprint density at radius 1 is 0.714 bits per heavy atom. The molecule has 0 spiro atoms. The van der Waals surface area contributed by atoms with Crippen LogP contribution in [0.3, 0.4) is 0 Å². The molecule has 0 aromatic heterocycles. The van der Waals surface area contributed by atoms with Crippen LogP contribution in [0.15, 0.2) is 0 Å². The van der Waals surface area contributed by atoms with Crippen LogP contribution in [0.5, 0.6) is 0 Å². The molecule has 0 fully saturated rings. The van der Waals surface area contributed by atoms with E-state index in [1.807, 2.05) is 0 Å². The first-order valence-electron chi connectivity index (χ1n) is 4.12. The van der Waals surface area contributed by atoms with E-state index >= 15 is 0 Å². The van der Waals surface area contributed by atoms with E-state index in [0.29, 0.717) is 0 Å². The van der Waals surface area contributed by atoms with Gasteiger partial charge in [-0.25, -0.2) is 0 Å². The molecule has 0 amide bonds. The fourth-order valence-corrected chi connectivity index (χ4v) is 4.89. The average molecular weight is 327 g/mol. The Bertz CT molecular complexity index is 54.6. The molecule has 0 aromatic carbocycles. The molecule has 0 heterocycles. The van der Waals surface area contributed by atoms with Crippen molar-refractivity contribution in [3.8, 4) is 0 Å². The largest absolute Gasteiger partial charge is 1.00 e. The van der Waals surface area contributed by atoms with E-state index in [1.54, 1.807) is 8.87 Å². The van der Waals surface area contributed by atoms with Crippen LogP contribution in [0, 0.1) is 0 Å². The smallest absolute Gasteiger partial charge is 0.369 e. The van der Waals surface area contributed by atoms with Crippen LogP contribution in [0.2, 0.25) is 8.87 Å². The van der Waals surface area contributed by atoms with Crippen molar-refractivity contribution in [1.29, 1.82) is 0 Å². The minimum absolute atomic E-state index is 0. The molecule has 0 aliphatic carbocycles. The average Bonchev–Trinajstić information content (AvgIpc) is 1.89. The molecule has 1 nitrogen and oxygen atoms in total. The van der Waals surface area contributed by atoms with Crippen molar-refractivity contribution >= 4 is 21.1 Å². The number of unbranched alkanes of at least 4 members (excludes halogenated alkanes) is 2. The van der Waals surface area contributed by atoms with E-state index in [1.165, 1.54) is 25.7 Å². The predicted octanol–water partition coefficient (Wildman–Crippen LogP) is -8.48. The van der Waals surface area contributed by atoms with Gasteiger partial charge in [-0.1, -0.05) is 0 Å². The molecule has 0 saturated heterocycles. The molecule has 6 heteroatoms. The normalized spacial score (nSPS) is 5.86. The second-order valence-electron chi connectivity index (χ2n) is 2.46. The van der Waals surface area contributed by atoms with Gasteiger partial charge in [-0.3, -0.25) is 0 Å². The molecule has 0 unspecified atom stereocenters. The Balaban J connectivity index is -0.0000000320. The summed E-state index contributed by atoms with van der Waals surface area (Å²) in [5.74, 6) is 0. The third kappa shape index (κ3) is 39.2. The molecule has 4 N–H and O–H groups in total. The summed E-state index contributed by atoms with van der Waals surface area (Å²) in [6.45, 7) is 4.58. The van der Waals surface area contributed by atoms with Gasteiger partial charge < -0.3 is 25.0 Å². The molecule has 0 aliphatic heterocycles. The Labute approximate surface area is 94.7 Å². The molecule has 0 radical (unpaired) electrons. The van der Waals surface area contributed by atoms with Crippen molar-refractivity contribution in [1.82, 2.24) is 6.15 Å². The predicted molar refractivity (Wildman–Crippen MR) is 51.2 cm³/mol. The van der Waals surface area contributed by atoms with Gasteiger partial charge in [0.05, 0.1) is 0 Å². The fourth-order valence-electron chi connectivity index (χ4n) is 0.729. The molecular weight excluding hydrogens is 305 g/mol. The van der Waals surface area contributed by atoms with Gasteiger partial charge >= 0.3 is 69.5 Å². The first-order valence-corrected chi connectivity index (χ1v) is 8.16. The van der Waals surface area contributed by atoms with Gasteiger partial charge in [0.1, 0.15) is 0 Å². The molecule has 0 atom stereocenters. The van der Waals surface area contributed by atoms with Crippen LogP contribution in [0.25, 0.3) is 0 Å². The summed E-state index contributed by atoms with van der Waals surface area (Å²) in [5, 5.41) is 0. The Hall–Kier alpha value is 0.479. The van der Waals surface area contributed by atoms with Gasteiger partial charge in [-0.15, -0.1) is 0 Å². The van der Waals surface area contributed by atoms with Gasteiger partial charge in [0, 0.05) is 0 Å². The van der Waals surface area contributed by atoms with Crippen LogP contribution < -0.4 is 25.0 Å². The standard InChI is InChI=1S/2C4H9.4FH.H3N.Sn/c2*1-3-4-2;;;;;;/h2*1,3-4H2,2H3;4*1H;1H3;/q;;;;;;;+2/p-3. The molecule has 0 aliphatic rings. The fraction of sp³-hybridized carbons (Fsp3) is 1.00. The van der Waals surface area contributed by atoms with E-state index in [2.05, 4.69) is 13.8 Å². The molecular formula is C8H22F4NSn-. The SMILES string of the molecule is CCC[CH2][Sn+2][CH2]CCC.[F-].[F-].[F-].[F-].[NH4+]. The third-order valence-electron chi connectivity index (χ3n) is 1.41. The molecule has 92 valence electrons. The van der Waals surface area contributed by atoms with Gasteiger partial charge in [-0.05, 0) is 0 Å². The third-order valence-corrected chi connectivity index (χ3v) is 5.45. The van der Waals surface area contributed by atoms with Gasteiger partial charge in [0.25, 0.3) is 0 Å².